The van der Waals surface area contributed by atoms with E-state index in [9.17, 15) is 5.11 Å². The number of H-pyrrole nitrogens is 1. The number of phenols is 1. The summed E-state index contributed by atoms with van der Waals surface area (Å²) in [5.74, 6) is 1.44. The molecule has 4 aromatic rings. The summed E-state index contributed by atoms with van der Waals surface area (Å²) >= 11 is 0. The first-order chi connectivity index (χ1) is 14.1. The molecular formula is C21H23N7O. The number of nitrogens with zero attached hydrogens (tertiary/aromatic N) is 4. The zero-order valence-corrected chi connectivity index (χ0v) is 16.3. The van der Waals surface area contributed by atoms with Gasteiger partial charge >= 0.3 is 0 Å². The number of aromatic nitrogens is 4. The Bertz CT molecular complexity index is 1110. The van der Waals surface area contributed by atoms with Crippen molar-refractivity contribution in [2.24, 2.45) is 0 Å². The number of anilines is 4. The number of imidazole rings is 1. The zero-order valence-electron chi connectivity index (χ0n) is 16.3. The molecule has 0 saturated carbocycles. The van der Waals surface area contributed by atoms with Crippen molar-refractivity contribution in [3.8, 4) is 5.75 Å². The van der Waals surface area contributed by atoms with Crippen LogP contribution in [0, 0.1) is 0 Å². The van der Waals surface area contributed by atoms with Crippen molar-refractivity contribution in [3.63, 3.8) is 0 Å². The average Bonchev–Trinajstić information content (AvgIpc) is 3.18. The maximum atomic E-state index is 9.40. The largest absolute Gasteiger partial charge is 0.508 e. The monoisotopic (exact) mass is 389 g/mol. The van der Waals surface area contributed by atoms with Gasteiger partial charge in [0, 0.05) is 32.0 Å². The van der Waals surface area contributed by atoms with Crippen LogP contribution in [0.25, 0.3) is 11.2 Å². The van der Waals surface area contributed by atoms with Crippen LogP contribution >= 0.6 is 0 Å². The number of aromatic hydroxyl groups is 1. The van der Waals surface area contributed by atoms with Crippen molar-refractivity contribution in [1.29, 1.82) is 0 Å². The molecule has 2 heterocycles. The number of hydrogen-bond donors (Lipinski definition) is 4. The lowest BCUT2D eigenvalue weighted by molar-refractivity contribution is 0.475. The van der Waals surface area contributed by atoms with Gasteiger partial charge in [-0.3, -0.25) is 0 Å². The van der Waals surface area contributed by atoms with E-state index < -0.39 is 0 Å². The second-order valence-electron chi connectivity index (χ2n) is 6.91. The molecule has 0 spiro atoms. The number of hydrogen-bond acceptors (Lipinski definition) is 7. The first kappa shape index (κ1) is 18.5. The van der Waals surface area contributed by atoms with Crippen LogP contribution < -0.4 is 15.5 Å². The molecule has 0 unspecified atom stereocenters. The summed E-state index contributed by atoms with van der Waals surface area (Å²) in [5, 5.41) is 16.0. The van der Waals surface area contributed by atoms with Crippen molar-refractivity contribution < 1.29 is 5.11 Å². The van der Waals surface area contributed by atoms with E-state index in [1.54, 1.807) is 18.5 Å². The number of phenolic OH excluding ortho intramolecular Hbond substituents is 1. The molecule has 0 radical (unpaired) electrons. The van der Waals surface area contributed by atoms with E-state index in [-0.39, 0.29) is 5.75 Å². The Balaban J connectivity index is 1.52. The molecule has 4 N–H and O–H groups in total. The van der Waals surface area contributed by atoms with Gasteiger partial charge in [0.2, 0.25) is 5.95 Å². The summed E-state index contributed by atoms with van der Waals surface area (Å²) in [7, 11) is 4.00. The Kier molecular flexibility index (Phi) is 5.15. The number of fused-ring (bicyclic) bond motifs is 1. The zero-order chi connectivity index (χ0) is 20.2. The van der Waals surface area contributed by atoms with Gasteiger partial charge in [0.05, 0.1) is 6.33 Å². The third kappa shape index (κ3) is 4.37. The number of aromatic amines is 1. The summed E-state index contributed by atoms with van der Waals surface area (Å²) < 4.78 is 0. The highest BCUT2D eigenvalue weighted by atomic mass is 16.3. The molecule has 0 fully saturated rings. The van der Waals surface area contributed by atoms with Crippen LogP contribution in [0.3, 0.4) is 0 Å². The van der Waals surface area contributed by atoms with Gasteiger partial charge in [-0.15, -0.1) is 0 Å². The number of benzene rings is 2. The lowest BCUT2D eigenvalue weighted by Crippen LogP contribution is -2.10. The van der Waals surface area contributed by atoms with Crippen molar-refractivity contribution in [3.05, 3.63) is 60.4 Å². The van der Waals surface area contributed by atoms with Gasteiger partial charge < -0.3 is 25.6 Å². The van der Waals surface area contributed by atoms with Gasteiger partial charge in [0.15, 0.2) is 11.5 Å². The Morgan fingerprint density at radius 1 is 1.07 bits per heavy atom. The SMILES string of the molecule is CN(C)c1cccc(Nc2nc(NCCc3ccc(O)cc3)c3[nH]cnc3n2)c1. The molecule has 29 heavy (non-hydrogen) atoms. The van der Waals surface area contributed by atoms with Crippen LogP contribution in [0.2, 0.25) is 0 Å². The van der Waals surface area contributed by atoms with Crippen molar-refractivity contribution >= 4 is 34.3 Å². The highest BCUT2D eigenvalue weighted by molar-refractivity contribution is 5.84. The van der Waals surface area contributed by atoms with Gasteiger partial charge in [-0.2, -0.15) is 9.97 Å². The van der Waals surface area contributed by atoms with E-state index in [1.807, 2.05) is 55.4 Å². The predicted molar refractivity (Wildman–Crippen MR) is 116 cm³/mol. The van der Waals surface area contributed by atoms with E-state index in [0.717, 1.165) is 28.9 Å². The number of rotatable bonds is 7. The van der Waals surface area contributed by atoms with Crippen molar-refractivity contribution in [1.82, 2.24) is 19.9 Å². The van der Waals surface area contributed by atoms with Crippen LogP contribution in [0.5, 0.6) is 5.75 Å². The summed E-state index contributed by atoms with van der Waals surface area (Å²) in [6, 6.07) is 15.2. The van der Waals surface area contributed by atoms with Gasteiger partial charge in [0.1, 0.15) is 11.3 Å². The Labute approximate surface area is 168 Å². The minimum absolute atomic E-state index is 0.269. The van der Waals surface area contributed by atoms with Crippen LogP contribution in [0.15, 0.2) is 54.9 Å². The highest BCUT2D eigenvalue weighted by Crippen LogP contribution is 2.23. The minimum atomic E-state index is 0.269. The van der Waals surface area contributed by atoms with E-state index in [1.165, 1.54) is 0 Å². The lowest BCUT2D eigenvalue weighted by atomic mass is 10.1. The molecule has 4 rings (SSSR count). The first-order valence-electron chi connectivity index (χ1n) is 9.36. The highest BCUT2D eigenvalue weighted by Gasteiger charge is 2.10. The first-order valence-corrected chi connectivity index (χ1v) is 9.36. The normalized spacial score (nSPS) is 10.8. The topological polar surface area (TPSA) is 102 Å². The molecule has 0 bridgehead atoms. The van der Waals surface area contributed by atoms with Crippen LogP contribution in [0.4, 0.5) is 23.1 Å². The third-order valence-corrected chi connectivity index (χ3v) is 4.55. The Hall–Kier alpha value is -3.81. The average molecular weight is 389 g/mol. The second kappa shape index (κ2) is 8.05. The predicted octanol–water partition coefficient (Wildman–Crippen LogP) is 3.52. The standard InChI is InChI=1S/C21H23N7O/c1-28(2)16-5-3-4-15(12-16)25-21-26-19(18-20(27-21)24-13-23-18)22-11-10-14-6-8-17(29)9-7-14/h3-9,12-13,29H,10-11H2,1-2H3,(H3,22,23,24,25,26,27). The minimum Gasteiger partial charge on any atom is -0.508 e. The Morgan fingerprint density at radius 3 is 2.69 bits per heavy atom. The molecule has 8 heteroatoms. The molecule has 2 aromatic carbocycles. The second-order valence-corrected chi connectivity index (χ2v) is 6.91. The molecule has 0 aliphatic rings. The molecule has 0 saturated heterocycles. The molecule has 8 nitrogen and oxygen atoms in total. The lowest BCUT2D eigenvalue weighted by Gasteiger charge is -2.14. The summed E-state index contributed by atoms with van der Waals surface area (Å²) in [4.78, 5) is 18.5. The summed E-state index contributed by atoms with van der Waals surface area (Å²) in [6.45, 7) is 0.686. The quantitative estimate of drug-likeness (QED) is 0.383. The third-order valence-electron chi connectivity index (χ3n) is 4.55. The molecule has 0 amide bonds. The van der Waals surface area contributed by atoms with Gasteiger partial charge in [-0.25, -0.2) is 4.98 Å². The van der Waals surface area contributed by atoms with Crippen molar-refractivity contribution in [2.75, 3.05) is 36.2 Å². The maximum Gasteiger partial charge on any atom is 0.231 e. The fourth-order valence-electron chi connectivity index (χ4n) is 3.00. The van der Waals surface area contributed by atoms with E-state index >= 15 is 0 Å². The smallest absolute Gasteiger partial charge is 0.231 e. The molecule has 0 aliphatic heterocycles. The van der Waals surface area contributed by atoms with Gasteiger partial charge in [0.25, 0.3) is 0 Å². The van der Waals surface area contributed by atoms with Crippen LogP contribution in [-0.4, -0.2) is 45.7 Å². The van der Waals surface area contributed by atoms with Crippen LogP contribution in [-0.2, 0) is 6.42 Å². The summed E-state index contributed by atoms with van der Waals surface area (Å²) in [5.41, 5.74) is 4.48. The molecule has 0 atom stereocenters. The van der Waals surface area contributed by atoms with E-state index in [2.05, 4.69) is 30.6 Å². The van der Waals surface area contributed by atoms with Crippen LogP contribution in [0.1, 0.15) is 5.56 Å². The maximum absolute atomic E-state index is 9.40. The molecule has 0 aliphatic carbocycles. The Morgan fingerprint density at radius 2 is 1.90 bits per heavy atom. The molecule has 2 aromatic heterocycles. The van der Waals surface area contributed by atoms with Gasteiger partial charge in [-0.05, 0) is 42.3 Å². The summed E-state index contributed by atoms with van der Waals surface area (Å²) in [6.07, 6.45) is 2.41. The number of nitrogens with one attached hydrogen (secondary N) is 3. The van der Waals surface area contributed by atoms with Crippen molar-refractivity contribution in [2.45, 2.75) is 6.42 Å². The van der Waals surface area contributed by atoms with E-state index in [4.69, 9.17) is 0 Å². The fraction of sp³-hybridized carbons (Fsp3) is 0.190. The van der Waals surface area contributed by atoms with E-state index in [0.29, 0.717) is 24.0 Å². The van der Waals surface area contributed by atoms with Gasteiger partial charge in [-0.1, -0.05) is 18.2 Å². The fourth-order valence-corrected chi connectivity index (χ4v) is 3.00. The molecule has 148 valence electrons. The molecular weight excluding hydrogens is 366 g/mol.